The number of halogens is 1. The van der Waals surface area contributed by atoms with Crippen LogP contribution in [0.3, 0.4) is 0 Å². The maximum absolute atomic E-state index is 11.8. The Hall–Kier alpha value is -1.63. The maximum atomic E-state index is 11.8. The number of aliphatic hydroxyl groups is 1. The van der Waals surface area contributed by atoms with Crippen LogP contribution in [0.15, 0.2) is 35.2 Å². The zero-order valence-electron chi connectivity index (χ0n) is 12.2. The van der Waals surface area contributed by atoms with E-state index in [1.54, 1.807) is 36.7 Å². The molecule has 7 heteroatoms. The number of nitrogens with zero attached hydrogens (tertiary/aromatic N) is 1. The van der Waals surface area contributed by atoms with Crippen molar-refractivity contribution in [1.82, 2.24) is 15.6 Å². The number of hydrogen-bond donors (Lipinski definition) is 3. The van der Waals surface area contributed by atoms with Gasteiger partial charge in [-0.3, -0.25) is 0 Å². The summed E-state index contributed by atoms with van der Waals surface area (Å²) < 4.78 is 0. The van der Waals surface area contributed by atoms with Crippen LogP contribution in [0.2, 0.25) is 5.02 Å². The van der Waals surface area contributed by atoms with E-state index >= 15 is 0 Å². The molecular weight excluding hydrogens is 322 g/mol. The number of benzene rings is 1. The highest BCUT2D eigenvalue weighted by Gasteiger charge is 2.25. The predicted molar refractivity (Wildman–Crippen MR) is 88.2 cm³/mol. The third-order valence-corrected chi connectivity index (χ3v) is 4.16. The SMILES string of the molecule is C[C@](O)(CNC(=O)NCCc1cscn1)c1ccccc1Cl. The molecule has 0 saturated heterocycles. The predicted octanol–water partition coefficient (Wildman–Crippen LogP) is 2.55. The third-order valence-electron chi connectivity index (χ3n) is 3.20. The Bertz CT molecular complexity index is 617. The molecule has 0 aliphatic carbocycles. The van der Waals surface area contributed by atoms with Gasteiger partial charge in [-0.1, -0.05) is 29.8 Å². The monoisotopic (exact) mass is 339 g/mol. The molecule has 1 aromatic carbocycles. The number of nitrogens with one attached hydrogen (secondary N) is 2. The fourth-order valence-electron chi connectivity index (χ4n) is 1.97. The second-order valence-electron chi connectivity index (χ2n) is 5.09. The molecule has 0 fully saturated rings. The minimum Gasteiger partial charge on any atom is -0.384 e. The van der Waals surface area contributed by atoms with Gasteiger partial charge in [-0.05, 0) is 13.0 Å². The summed E-state index contributed by atoms with van der Waals surface area (Å²) in [6.45, 7) is 2.17. The molecule has 0 bridgehead atoms. The highest BCUT2D eigenvalue weighted by atomic mass is 35.5. The number of urea groups is 1. The van der Waals surface area contributed by atoms with Gasteiger partial charge in [0.05, 0.1) is 17.7 Å². The molecule has 0 aliphatic rings. The van der Waals surface area contributed by atoms with Gasteiger partial charge in [0.25, 0.3) is 0 Å². The van der Waals surface area contributed by atoms with Crippen LogP contribution in [0.5, 0.6) is 0 Å². The number of carbonyl (C=O) groups excluding carboxylic acids is 1. The Morgan fingerprint density at radius 3 is 2.86 bits per heavy atom. The van der Waals surface area contributed by atoms with Gasteiger partial charge in [-0.2, -0.15) is 0 Å². The summed E-state index contributed by atoms with van der Waals surface area (Å²) in [5, 5.41) is 18.3. The topological polar surface area (TPSA) is 74.2 Å². The third kappa shape index (κ3) is 4.69. The number of thiazole rings is 1. The van der Waals surface area contributed by atoms with Gasteiger partial charge in [0.2, 0.25) is 0 Å². The van der Waals surface area contributed by atoms with Gasteiger partial charge in [-0.25, -0.2) is 9.78 Å². The van der Waals surface area contributed by atoms with E-state index in [9.17, 15) is 9.90 Å². The Morgan fingerprint density at radius 2 is 2.18 bits per heavy atom. The molecule has 2 amide bonds. The van der Waals surface area contributed by atoms with Crippen molar-refractivity contribution in [1.29, 1.82) is 0 Å². The Morgan fingerprint density at radius 1 is 1.41 bits per heavy atom. The minimum atomic E-state index is -1.23. The van der Waals surface area contributed by atoms with Gasteiger partial charge < -0.3 is 15.7 Å². The molecule has 22 heavy (non-hydrogen) atoms. The van der Waals surface area contributed by atoms with Gasteiger partial charge in [-0.15, -0.1) is 11.3 Å². The lowest BCUT2D eigenvalue weighted by molar-refractivity contribution is 0.0595. The summed E-state index contributed by atoms with van der Waals surface area (Å²) >= 11 is 7.60. The largest absolute Gasteiger partial charge is 0.384 e. The summed E-state index contributed by atoms with van der Waals surface area (Å²) in [7, 11) is 0. The van der Waals surface area contributed by atoms with Crippen molar-refractivity contribution in [2.45, 2.75) is 18.9 Å². The first-order valence-corrected chi connectivity index (χ1v) is 8.17. The van der Waals surface area contributed by atoms with Crippen LogP contribution in [0, 0.1) is 0 Å². The minimum absolute atomic E-state index is 0.0687. The molecule has 0 radical (unpaired) electrons. The summed E-state index contributed by atoms with van der Waals surface area (Å²) in [4.78, 5) is 15.9. The van der Waals surface area contributed by atoms with E-state index < -0.39 is 5.60 Å². The quantitative estimate of drug-likeness (QED) is 0.757. The Balaban J connectivity index is 1.78. The number of rotatable bonds is 6. The van der Waals surface area contributed by atoms with Crippen LogP contribution in [-0.2, 0) is 12.0 Å². The molecule has 5 nitrogen and oxygen atoms in total. The average molecular weight is 340 g/mol. The van der Waals surface area contributed by atoms with Crippen LogP contribution in [0.25, 0.3) is 0 Å². The maximum Gasteiger partial charge on any atom is 0.314 e. The number of hydrogen-bond acceptors (Lipinski definition) is 4. The second kappa shape index (κ2) is 7.58. The summed E-state index contributed by atoms with van der Waals surface area (Å²) in [5.74, 6) is 0. The summed E-state index contributed by atoms with van der Waals surface area (Å²) in [6, 6.07) is 6.70. The standard InChI is InChI=1S/C15H18ClN3O2S/c1-15(21,12-4-2-3-5-13(12)16)9-18-14(20)17-7-6-11-8-22-10-19-11/h2-5,8,10,21H,6-7,9H2,1H3,(H2,17,18,20)/t15-/m0/s1. The lowest BCUT2D eigenvalue weighted by Gasteiger charge is -2.25. The van der Waals surface area contributed by atoms with Crippen LogP contribution in [0.1, 0.15) is 18.2 Å². The first kappa shape index (κ1) is 16.7. The van der Waals surface area contributed by atoms with E-state index in [1.807, 2.05) is 5.38 Å². The normalized spacial score (nSPS) is 13.4. The molecule has 0 saturated carbocycles. The molecule has 1 atom stereocenters. The lowest BCUT2D eigenvalue weighted by Crippen LogP contribution is -2.44. The Kier molecular flexibility index (Phi) is 5.76. The average Bonchev–Trinajstić information content (AvgIpc) is 2.99. The van der Waals surface area contributed by atoms with Crippen molar-refractivity contribution < 1.29 is 9.90 Å². The highest BCUT2D eigenvalue weighted by molar-refractivity contribution is 7.07. The van der Waals surface area contributed by atoms with Crippen molar-refractivity contribution in [3.05, 3.63) is 51.4 Å². The van der Waals surface area contributed by atoms with E-state index in [0.717, 1.165) is 5.69 Å². The van der Waals surface area contributed by atoms with Crippen LogP contribution >= 0.6 is 22.9 Å². The van der Waals surface area contributed by atoms with E-state index in [4.69, 9.17) is 11.6 Å². The molecule has 0 aliphatic heterocycles. The van der Waals surface area contributed by atoms with Crippen molar-refractivity contribution in [2.24, 2.45) is 0 Å². The molecule has 3 N–H and O–H groups in total. The summed E-state index contributed by atoms with van der Waals surface area (Å²) in [6.07, 6.45) is 0.678. The zero-order chi connectivity index (χ0) is 16.0. The van der Waals surface area contributed by atoms with Crippen LogP contribution in [0.4, 0.5) is 4.79 Å². The van der Waals surface area contributed by atoms with Crippen molar-refractivity contribution >= 4 is 29.0 Å². The van der Waals surface area contributed by atoms with Gasteiger partial charge in [0, 0.05) is 28.9 Å². The molecule has 0 spiro atoms. The van der Waals surface area contributed by atoms with E-state index in [2.05, 4.69) is 15.6 Å². The van der Waals surface area contributed by atoms with E-state index in [1.165, 1.54) is 11.3 Å². The summed E-state index contributed by atoms with van der Waals surface area (Å²) in [5.41, 5.74) is 2.06. The molecule has 1 heterocycles. The zero-order valence-corrected chi connectivity index (χ0v) is 13.7. The number of aromatic nitrogens is 1. The van der Waals surface area contributed by atoms with Crippen molar-refractivity contribution in [3.63, 3.8) is 0 Å². The molecule has 1 aromatic heterocycles. The van der Waals surface area contributed by atoms with Crippen LogP contribution < -0.4 is 10.6 Å². The number of amides is 2. The van der Waals surface area contributed by atoms with Gasteiger partial charge in [0.1, 0.15) is 5.60 Å². The van der Waals surface area contributed by atoms with Crippen molar-refractivity contribution in [3.8, 4) is 0 Å². The highest BCUT2D eigenvalue weighted by Crippen LogP contribution is 2.26. The Labute approximate surface area is 138 Å². The fourth-order valence-corrected chi connectivity index (χ4v) is 2.91. The second-order valence-corrected chi connectivity index (χ2v) is 6.22. The first-order chi connectivity index (χ1) is 10.5. The fraction of sp³-hybridized carbons (Fsp3) is 0.333. The first-order valence-electron chi connectivity index (χ1n) is 6.85. The molecule has 118 valence electrons. The smallest absolute Gasteiger partial charge is 0.314 e. The van der Waals surface area contributed by atoms with Gasteiger partial charge in [0.15, 0.2) is 0 Å². The van der Waals surface area contributed by atoms with E-state index in [-0.39, 0.29) is 12.6 Å². The molecular formula is C15H18ClN3O2S. The van der Waals surface area contributed by atoms with Gasteiger partial charge >= 0.3 is 6.03 Å². The van der Waals surface area contributed by atoms with Crippen LogP contribution in [-0.4, -0.2) is 29.2 Å². The molecule has 0 unspecified atom stereocenters. The number of carbonyl (C=O) groups is 1. The molecule has 2 rings (SSSR count). The lowest BCUT2D eigenvalue weighted by atomic mass is 9.96. The molecule has 2 aromatic rings. The van der Waals surface area contributed by atoms with E-state index in [0.29, 0.717) is 23.6 Å². The van der Waals surface area contributed by atoms with Crippen molar-refractivity contribution in [2.75, 3.05) is 13.1 Å².